The van der Waals surface area contributed by atoms with Crippen molar-refractivity contribution in [2.45, 2.75) is 12.8 Å². The molecular weight excluding hydrogens is 260 g/mol. The van der Waals surface area contributed by atoms with E-state index in [-0.39, 0.29) is 0 Å². The summed E-state index contributed by atoms with van der Waals surface area (Å²) in [7, 11) is 0. The van der Waals surface area contributed by atoms with Crippen molar-refractivity contribution in [3.8, 4) is 11.5 Å². The first kappa shape index (κ1) is 13.5. The number of hydrogen-bond acceptors (Lipinski definition) is 2. The minimum Gasteiger partial charge on any atom is -0.493 e. The van der Waals surface area contributed by atoms with Gasteiger partial charge in [0.05, 0.1) is 13.2 Å². The van der Waals surface area contributed by atoms with Crippen molar-refractivity contribution in [2.75, 3.05) is 13.2 Å². The number of ether oxygens (including phenoxy) is 2. The molecule has 2 heteroatoms. The molecule has 0 radical (unpaired) electrons. The predicted octanol–water partition coefficient (Wildman–Crippen LogP) is 4.56. The van der Waals surface area contributed by atoms with E-state index in [0.717, 1.165) is 35.5 Å². The first-order valence-corrected chi connectivity index (χ1v) is 7.29. The molecule has 106 valence electrons. The molecule has 1 aliphatic rings. The van der Waals surface area contributed by atoms with Gasteiger partial charge in [-0.1, -0.05) is 36.4 Å². The Kier molecular flexibility index (Phi) is 4.40. The molecule has 0 N–H and O–H groups in total. The minimum absolute atomic E-state index is 0.708. The molecule has 2 nitrogen and oxygen atoms in total. The molecule has 0 amide bonds. The fourth-order valence-electron chi connectivity index (χ4n) is 2.25. The van der Waals surface area contributed by atoms with Crippen LogP contribution in [0, 0.1) is 0 Å². The van der Waals surface area contributed by atoms with Gasteiger partial charge in [-0.05, 0) is 37.1 Å². The highest BCUT2D eigenvalue weighted by molar-refractivity contribution is 5.64. The lowest BCUT2D eigenvalue weighted by Gasteiger charge is -2.10. The first-order valence-electron chi connectivity index (χ1n) is 7.29. The maximum absolute atomic E-state index is 5.84. The Bertz CT molecular complexity index is 611. The summed E-state index contributed by atoms with van der Waals surface area (Å²) in [6.45, 7) is 1.42. The number of fused-ring (bicyclic) bond motifs is 2. The highest BCUT2D eigenvalue weighted by Gasteiger charge is 2.02. The van der Waals surface area contributed by atoms with E-state index in [1.54, 1.807) is 0 Å². The van der Waals surface area contributed by atoms with Crippen molar-refractivity contribution in [3.63, 3.8) is 0 Å². The van der Waals surface area contributed by atoms with Gasteiger partial charge in [0.2, 0.25) is 0 Å². The van der Waals surface area contributed by atoms with E-state index in [1.165, 1.54) is 0 Å². The Morgan fingerprint density at radius 2 is 1.14 bits per heavy atom. The number of rotatable bonds is 0. The van der Waals surface area contributed by atoms with E-state index in [0.29, 0.717) is 13.2 Å². The maximum atomic E-state index is 5.84. The molecule has 1 heterocycles. The summed E-state index contributed by atoms with van der Waals surface area (Å²) >= 11 is 0. The molecule has 0 aliphatic carbocycles. The lowest BCUT2D eigenvalue weighted by atomic mass is 10.1. The molecule has 0 saturated carbocycles. The van der Waals surface area contributed by atoms with Gasteiger partial charge in [-0.3, -0.25) is 0 Å². The molecule has 0 bridgehead atoms. The lowest BCUT2D eigenvalue weighted by molar-refractivity contribution is 0.266. The van der Waals surface area contributed by atoms with Gasteiger partial charge >= 0.3 is 0 Å². The quantitative estimate of drug-likeness (QED) is 0.657. The minimum atomic E-state index is 0.708. The Morgan fingerprint density at radius 1 is 0.667 bits per heavy atom. The largest absolute Gasteiger partial charge is 0.493 e. The third-order valence-electron chi connectivity index (χ3n) is 3.37. The van der Waals surface area contributed by atoms with Crippen molar-refractivity contribution in [2.24, 2.45) is 0 Å². The van der Waals surface area contributed by atoms with Gasteiger partial charge in [-0.25, -0.2) is 0 Å². The molecule has 0 spiro atoms. The van der Waals surface area contributed by atoms with Crippen molar-refractivity contribution in [3.05, 3.63) is 65.4 Å². The van der Waals surface area contributed by atoms with Crippen LogP contribution >= 0.6 is 0 Å². The van der Waals surface area contributed by atoms with Gasteiger partial charge in [0, 0.05) is 11.1 Å². The highest BCUT2D eigenvalue weighted by Crippen LogP contribution is 2.22. The van der Waals surface area contributed by atoms with Crippen LogP contribution in [0.4, 0.5) is 0 Å². The van der Waals surface area contributed by atoms with Gasteiger partial charge in [0.1, 0.15) is 11.5 Å². The molecule has 2 aromatic rings. The summed E-state index contributed by atoms with van der Waals surface area (Å²) in [4.78, 5) is 0. The van der Waals surface area contributed by atoms with E-state index < -0.39 is 0 Å². The van der Waals surface area contributed by atoms with E-state index in [4.69, 9.17) is 9.47 Å². The molecular formula is C19H18O2. The Labute approximate surface area is 125 Å². The van der Waals surface area contributed by atoms with Gasteiger partial charge in [-0.2, -0.15) is 0 Å². The van der Waals surface area contributed by atoms with Crippen LogP contribution in [0.2, 0.25) is 0 Å². The number of hydrogen-bond donors (Lipinski definition) is 0. The second kappa shape index (κ2) is 6.83. The number of benzene rings is 2. The van der Waals surface area contributed by atoms with Crippen molar-refractivity contribution < 1.29 is 9.47 Å². The van der Waals surface area contributed by atoms with Crippen LogP contribution < -0.4 is 9.47 Å². The van der Waals surface area contributed by atoms with Crippen molar-refractivity contribution >= 4 is 12.2 Å². The Morgan fingerprint density at radius 3 is 1.67 bits per heavy atom. The number of para-hydroxylation sites is 2. The van der Waals surface area contributed by atoms with E-state index >= 15 is 0 Å². The monoisotopic (exact) mass is 278 g/mol. The van der Waals surface area contributed by atoms with Gasteiger partial charge in [0.15, 0.2) is 0 Å². The summed E-state index contributed by atoms with van der Waals surface area (Å²) in [5.41, 5.74) is 5.32. The van der Waals surface area contributed by atoms with Crippen LogP contribution in [-0.4, -0.2) is 13.2 Å². The zero-order chi connectivity index (χ0) is 14.3. The smallest absolute Gasteiger partial charge is 0.127 e. The summed E-state index contributed by atoms with van der Waals surface area (Å²) in [6.07, 6.45) is 5.86. The van der Waals surface area contributed by atoms with Crippen LogP contribution in [0.15, 0.2) is 54.3 Å². The highest BCUT2D eigenvalue weighted by atomic mass is 16.5. The fourth-order valence-corrected chi connectivity index (χ4v) is 2.25. The van der Waals surface area contributed by atoms with E-state index in [1.807, 2.05) is 60.7 Å². The van der Waals surface area contributed by atoms with Crippen LogP contribution in [0.25, 0.3) is 12.2 Å². The Balaban J connectivity index is 1.97. The third-order valence-corrected chi connectivity index (χ3v) is 3.37. The van der Waals surface area contributed by atoms with Crippen molar-refractivity contribution in [1.29, 1.82) is 0 Å². The summed E-state index contributed by atoms with van der Waals surface area (Å²) < 4.78 is 11.7. The molecule has 2 aromatic carbocycles. The maximum Gasteiger partial charge on any atom is 0.127 e. The van der Waals surface area contributed by atoms with E-state index in [9.17, 15) is 0 Å². The lowest BCUT2D eigenvalue weighted by Crippen LogP contribution is -2.03. The zero-order valence-corrected chi connectivity index (χ0v) is 11.9. The average Bonchev–Trinajstić information content (AvgIpc) is 2.54. The van der Waals surface area contributed by atoms with Crippen molar-refractivity contribution in [1.82, 2.24) is 0 Å². The SMILES string of the molecule is C1=Cc2ccccc2OCCCCOc2ccccc2C=1. The van der Waals surface area contributed by atoms with E-state index in [2.05, 4.69) is 5.73 Å². The summed E-state index contributed by atoms with van der Waals surface area (Å²) in [5.74, 6) is 1.82. The standard InChI is InChI=1S/C19H18O2/c1-3-12-18-16(8-1)10-7-11-17-9-2-4-13-19(17)21-15-6-5-14-20-18/h1-4,8-13H,5-6,14-15H2. The second-order valence-electron chi connectivity index (χ2n) is 4.94. The van der Waals surface area contributed by atoms with Gasteiger partial charge in [0.25, 0.3) is 0 Å². The van der Waals surface area contributed by atoms with Crippen LogP contribution in [0.5, 0.6) is 11.5 Å². The topological polar surface area (TPSA) is 18.5 Å². The molecule has 0 atom stereocenters. The molecule has 0 unspecified atom stereocenters. The molecule has 0 saturated heterocycles. The summed E-state index contributed by atoms with van der Waals surface area (Å²) in [5, 5.41) is 0. The predicted molar refractivity (Wildman–Crippen MR) is 85.5 cm³/mol. The Hall–Kier alpha value is -2.44. The summed E-state index contributed by atoms with van der Waals surface area (Å²) in [6, 6.07) is 16.1. The second-order valence-corrected chi connectivity index (χ2v) is 4.94. The average molecular weight is 278 g/mol. The zero-order valence-electron chi connectivity index (χ0n) is 11.9. The van der Waals surface area contributed by atoms with Crippen LogP contribution in [-0.2, 0) is 0 Å². The third kappa shape index (κ3) is 3.56. The fraction of sp³-hybridized carbons (Fsp3) is 0.211. The molecule has 3 rings (SSSR count). The first-order chi connectivity index (χ1) is 10.4. The van der Waals surface area contributed by atoms with Crippen LogP contribution in [0.3, 0.4) is 0 Å². The van der Waals surface area contributed by atoms with Crippen LogP contribution in [0.1, 0.15) is 24.0 Å². The molecule has 0 aromatic heterocycles. The molecule has 1 aliphatic heterocycles. The molecule has 21 heavy (non-hydrogen) atoms. The molecule has 0 fully saturated rings. The van der Waals surface area contributed by atoms with Gasteiger partial charge < -0.3 is 9.47 Å². The van der Waals surface area contributed by atoms with Gasteiger partial charge in [-0.15, -0.1) is 5.73 Å². The normalized spacial score (nSPS) is 14.5.